The van der Waals surface area contributed by atoms with Crippen LogP contribution in [0.15, 0.2) is 79.4 Å². The number of rotatable bonds is 8. The van der Waals surface area contributed by atoms with Crippen LogP contribution in [0.4, 0.5) is 0 Å². The van der Waals surface area contributed by atoms with Crippen molar-refractivity contribution in [3.63, 3.8) is 0 Å². The number of carbonyl (C=O) groups is 1. The molecule has 0 bridgehead atoms. The monoisotopic (exact) mass is 623 g/mol. The van der Waals surface area contributed by atoms with Gasteiger partial charge in [0.25, 0.3) is 5.56 Å². The summed E-state index contributed by atoms with van der Waals surface area (Å²) in [6, 6.07) is 17.6. The summed E-state index contributed by atoms with van der Waals surface area (Å²) in [6.07, 6.45) is 0.549. The van der Waals surface area contributed by atoms with E-state index in [9.17, 15) is 9.59 Å². The number of methoxy groups -OCH3 is 1. The van der Waals surface area contributed by atoms with Crippen LogP contribution >= 0.6 is 27.5 Å². The van der Waals surface area contributed by atoms with E-state index >= 15 is 0 Å². The minimum absolute atomic E-state index is 0.181. The summed E-state index contributed by atoms with van der Waals surface area (Å²) in [6.45, 7) is 3.49. The predicted octanol–water partition coefficient (Wildman–Crippen LogP) is 6.45. The van der Waals surface area contributed by atoms with Gasteiger partial charge in [-0.25, -0.2) is 9.78 Å². The standard InChI is InChI=1S/C29H23BrClN3O6/c1-4-38-29(36)16(2)39-26-21(31)11-17(12-24(26)37-3)15-32-34-27(33-22-8-6-5-7-20(22)28(34)35)25-14-18-13-19(30)9-10-23(18)40-25/h5-16H,4H2,1-3H3/t16-/m1/s1. The van der Waals surface area contributed by atoms with Gasteiger partial charge in [0, 0.05) is 9.86 Å². The Bertz CT molecular complexity index is 1830. The maximum atomic E-state index is 13.5. The molecule has 1 atom stereocenters. The van der Waals surface area contributed by atoms with E-state index < -0.39 is 12.1 Å². The Balaban J connectivity index is 1.58. The van der Waals surface area contributed by atoms with Crippen molar-refractivity contribution in [3.05, 3.63) is 86.1 Å². The molecule has 40 heavy (non-hydrogen) atoms. The maximum absolute atomic E-state index is 13.5. The van der Waals surface area contributed by atoms with Gasteiger partial charge in [0.2, 0.25) is 5.82 Å². The number of hydrogen-bond acceptors (Lipinski definition) is 8. The van der Waals surface area contributed by atoms with E-state index in [1.54, 1.807) is 50.2 Å². The first-order valence-corrected chi connectivity index (χ1v) is 13.4. The number of furan rings is 1. The zero-order chi connectivity index (χ0) is 28.4. The van der Waals surface area contributed by atoms with Crippen LogP contribution < -0.4 is 15.0 Å². The number of carbonyl (C=O) groups excluding carboxylic acids is 1. The summed E-state index contributed by atoms with van der Waals surface area (Å²) in [5.74, 6) is 0.534. The van der Waals surface area contributed by atoms with Gasteiger partial charge in [-0.2, -0.15) is 9.78 Å². The van der Waals surface area contributed by atoms with Crippen molar-refractivity contribution in [1.82, 2.24) is 9.66 Å². The van der Waals surface area contributed by atoms with E-state index in [0.717, 1.165) is 9.86 Å². The molecule has 3 aromatic carbocycles. The molecule has 0 unspecified atom stereocenters. The quantitative estimate of drug-likeness (QED) is 0.144. The van der Waals surface area contributed by atoms with Crippen molar-refractivity contribution < 1.29 is 23.4 Å². The van der Waals surface area contributed by atoms with Crippen LogP contribution in [0.2, 0.25) is 5.02 Å². The van der Waals surface area contributed by atoms with Crippen LogP contribution in [0.25, 0.3) is 33.5 Å². The normalized spacial score (nSPS) is 12.2. The van der Waals surface area contributed by atoms with Gasteiger partial charge in [-0.3, -0.25) is 4.79 Å². The topological polar surface area (TPSA) is 105 Å². The molecule has 0 aliphatic carbocycles. The second-order valence-corrected chi connectivity index (χ2v) is 9.98. The SMILES string of the molecule is CCOC(=O)[C@@H](C)Oc1c(Cl)cc(C=Nn2c(-c3cc4cc(Br)ccc4o3)nc3ccccc3c2=O)cc1OC. The van der Waals surface area contributed by atoms with Crippen molar-refractivity contribution in [2.45, 2.75) is 20.0 Å². The van der Waals surface area contributed by atoms with Crippen LogP contribution in [0.3, 0.4) is 0 Å². The van der Waals surface area contributed by atoms with Gasteiger partial charge in [0.05, 0.1) is 35.9 Å². The third kappa shape index (κ3) is 5.45. The second kappa shape index (κ2) is 11.5. The van der Waals surface area contributed by atoms with E-state index in [2.05, 4.69) is 21.0 Å². The van der Waals surface area contributed by atoms with Crippen molar-refractivity contribution in [1.29, 1.82) is 0 Å². The summed E-state index contributed by atoms with van der Waals surface area (Å²) >= 11 is 9.96. The summed E-state index contributed by atoms with van der Waals surface area (Å²) in [4.78, 5) is 30.3. The average molecular weight is 625 g/mol. The zero-order valence-corrected chi connectivity index (χ0v) is 24.0. The Morgan fingerprint density at radius 1 is 1.20 bits per heavy atom. The van der Waals surface area contributed by atoms with E-state index in [1.807, 2.05) is 24.3 Å². The molecule has 11 heteroatoms. The van der Waals surface area contributed by atoms with Crippen molar-refractivity contribution >= 4 is 61.6 Å². The molecule has 9 nitrogen and oxygen atoms in total. The fourth-order valence-corrected chi connectivity index (χ4v) is 4.69. The number of halogens is 2. The second-order valence-electron chi connectivity index (χ2n) is 8.65. The summed E-state index contributed by atoms with van der Waals surface area (Å²) in [5.41, 5.74) is 1.29. The molecule has 5 rings (SSSR count). The Morgan fingerprint density at radius 3 is 2.77 bits per heavy atom. The summed E-state index contributed by atoms with van der Waals surface area (Å²) in [5, 5.41) is 5.89. The highest BCUT2D eigenvalue weighted by Gasteiger charge is 2.21. The highest BCUT2D eigenvalue weighted by atomic mass is 79.9. The molecule has 2 heterocycles. The van der Waals surface area contributed by atoms with Gasteiger partial charge in [0.1, 0.15) is 5.58 Å². The lowest BCUT2D eigenvalue weighted by Crippen LogP contribution is -2.26. The molecule has 0 N–H and O–H groups in total. The van der Waals surface area contributed by atoms with E-state index in [4.69, 9.17) is 35.2 Å². The smallest absolute Gasteiger partial charge is 0.347 e. The van der Waals surface area contributed by atoms with Crippen molar-refractivity contribution in [3.8, 4) is 23.1 Å². The highest BCUT2D eigenvalue weighted by molar-refractivity contribution is 9.10. The fourth-order valence-electron chi connectivity index (χ4n) is 4.05. The van der Waals surface area contributed by atoms with Gasteiger partial charge in [-0.1, -0.05) is 39.7 Å². The first-order chi connectivity index (χ1) is 19.3. The number of aromatic nitrogens is 2. The molecule has 0 spiro atoms. The van der Waals surface area contributed by atoms with Crippen LogP contribution in [-0.4, -0.2) is 41.7 Å². The van der Waals surface area contributed by atoms with Gasteiger partial charge < -0.3 is 18.6 Å². The zero-order valence-electron chi connectivity index (χ0n) is 21.7. The van der Waals surface area contributed by atoms with Crippen molar-refractivity contribution in [2.24, 2.45) is 5.10 Å². The van der Waals surface area contributed by atoms with Gasteiger partial charge in [-0.15, -0.1) is 0 Å². The maximum Gasteiger partial charge on any atom is 0.347 e. The Morgan fingerprint density at radius 2 is 2.00 bits per heavy atom. The third-order valence-corrected chi connectivity index (χ3v) is 6.71. The number of ether oxygens (including phenoxy) is 3. The largest absolute Gasteiger partial charge is 0.493 e. The molecule has 0 saturated heterocycles. The third-order valence-electron chi connectivity index (χ3n) is 5.94. The fraction of sp³-hybridized carbons (Fsp3) is 0.172. The molecule has 0 aliphatic heterocycles. The lowest BCUT2D eigenvalue weighted by molar-refractivity contribution is -0.150. The Labute approximate surface area is 242 Å². The van der Waals surface area contributed by atoms with Crippen LogP contribution in [-0.2, 0) is 9.53 Å². The molecular weight excluding hydrogens is 602 g/mol. The Hall–Kier alpha value is -4.15. The Kier molecular flexibility index (Phi) is 7.90. The number of para-hydroxylation sites is 1. The molecule has 0 radical (unpaired) electrons. The molecular formula is C29H23BrClN3O6. The van der Waals surface area contributed by atoms with Crippen LogP contribution in [0, 0.1) is 0 Å². The molecule has 5 aromatic rings. The molecule has 204 valence electrons. The first kappa shape index (κ1) is 27.4. The molecule has 0 saturated carbocycles. The number of fused-ring (bicyclic) bond motifs is 2. The minimum Gasteiger partial charge on any atom is -0.493 e. The van der Waals surface area contributed by atoms with E-state index in [0.29, 0.717) is 27.8 Å². The van der Waals surface area contributed by atoms with E-state index in [-0.39, 0.29) is 34.5 Å². The molecule has 0 amide bonds. The first-order valence-electron chi connectivity index (χ1n) is 12.3. The van der Waals surface area contributed by atoms with Gasteiger partial charge >= 0.3 is 5.97 Å². The molecule has 0 fully saturated rings. The predicted molar refractivity (Wildman–Crippen MR) is 157 cm³/mol. The molecule has 0 aliphatic rings. The van der Waals surface area contributed by atoms with Crippen LogP contribution in [0.1, 0.15) is 19.4 Å². The summed E-state index contributed by atoms with van der Waals surface area (Å²) < 4.78 is 24.3. The number of benzene rings is 3. The van der Waals surface area contributed by atoms with Crippen molar-refractivity contribution in [2.75, 3.05) is 13.7 Å². The number of esters is 1. The number of nitrogens with zero attached hydrogens (tertiary/aromatic N) is 3. The summed E-state index contributed by atoms with van der Waals surface area (Å²) in [7, 11) is 1.45. The molecule has 2 aromatic heterocycles. The highest BCUT2D eigenvalue weighted by Crippen LogP contribution is 2.37. The minimum atomic E-state index is -0.903. The average Bonchev–Trinajstić information content (AvgIpc) is 3.36. The lowest BCUT2D eigenvalue weighted by atomic mass is 10.2. The van der Waals surface area contributed by atoms with E-state index in [1.165, 1.54) is 18.0 Å². The van der Waals surface area contributed by atoms with Crippen LogP contribution in [0.5, 0.6) is 11.5 Å². The lowest BCUT2D eigenvalue weighted by Gasteiger charge is -2.17. The number of hydrogen-bond donors (Lipinski definition) is 0. The van der Waals surface area contributed by atoms with Gasteiger partial charge in [0.15, 0.2) is 23.4 Å². The van der Waals surface area contributed by atoms with Gasteiger partial charge in [-0.05, 0) is 67.9 Å².